The maximum Gasteiger partial charge on any atom is 0.200 e. The first-order chi connectivity index (χ1) is 8.66. The fourth-order valence-electron chi connectivity index (χ4n) is 1.58. The summed E-state index contributed by atoms with van der Waals surface area (Å²) in [6, 6.07) is 14.5. The Morgan fingerprint density at radius 1 is 1.17 bits per heavy atom. The van der Waals surface area contributed by atoms with E-state index in [1.165, 1.54) is 0 Å². The lowest BCUT2D eigenvalue weighted by Crippen LogP contribution is -2.11. The molecule has 0 bridgehead atoms. The highest BCUT2D eigenvalue weighted by atomic mass is 35.5. The molecule has 2 nitrogen and oxygen atoms in total. The van der Waals surface area contributed by atoms with Gasteiger partial charge in [0.15, 0.2) is 12.4 Å². The Morgan fingerprint density at radius 3 is 2.61 bits per heavy atom. The van der Waals surface area contributed by atoms with Crippen molar-refractivity contribution in [3.63, 3.8) is 0 Å². The van der Waals surface area contributed by atoms with Gasteiger partial charge in [-0.25, -0.2) is 0 Å². The van der Waals surface area contributed by atoms with Crippen LogP contribution in [0.15, 0.2) is 48.5 Å². The maximum atomic E-state index is 11.9. The summed E-state index contributed by atoms with van der Waals surface area (Å²) in [5.74, 6) is 0.599. The summed E-state index contributed by atoms with van der Waals surface area (Å²) in [6.07, 6.45) is 0. The molecular weight excluding hydrogens is 248 g/mol. The van der Waals surface area contributed by atoms with Gasteiger partial charge in [0.05, 0.1) is 0 Å². The molecule has 0 unspecified atom stereocenters. The fraction of sp³-hybridized carbons (Fsp3) is 0.133. The van der Waals surface area contributed by atoms with E-state index in [1.807, 2.05) is 31.2 Å². The molecule has 0 amide bonds. The van der Waals surface area contributed by atoms with E-state index in [9.17, 15) is 4.79 Å². The van der Waals surface area contributed by atoms with Crippen molar-refractivity contribution in [2.75, 3.05) is 6.61 Å². The summed E-state index contributed by atoms with van der Waals surface area (Å²) >= 11 is 5.88. The van der Waals surface area contributed by atoms with Gasteiger partial charge < -0.3 is 4.74 Å². The van der Waals surface area contributed by atoms with E-state index in [4.69, 9.17) is 16.3 Å². The van der Waals surface area contributed by atoms with Crippen molar-refractivity contribution in [1.29, 1.82) is 0 Å². The molecule has 0 aliphatic heterocycles. The lowest BCUT2D eigenvalue weighted by atomic mass is 10.1. The van der Waals surface area contributed by atoms with Crippen LogP contribution in [0.2, 0.25) is 5.02 Å². The normalized spacial score (nSPS) is 10.1. The summed E-state index contributed by atoms with van der Waals surface area (Å²) < 4.78 is 5.50. The number of hydrogen-bond acceptors (Lipinski definition) is 2. The summed E-state index contributed by atoms with van der Waals surface area (Å²) in [6.45, 7) is 1.93. The van der Waals surface area contributed by atoms with Crippen LogP contribution in [-0.4, -0.2) is 12.4 Å². The average molecular weight is 261 g/mol. The fourth-order valence-corrected chi connectivity index (χ4v) is 1.74. The van der Waals surface area contributed by atoms with Crippen LogP contribution < -0.4 is 4.74 Å². The SMILES string of the molecule is Cc1ccc(Cl)cc1OCC(=O)c1ccccc1. The van der Waals surface area contributed by atoms with E-state index in [-0.39, 0.29) is 12.4 Å². The molecule has 0 aliphatic rings. The van der Waals surface area contributed by atoms with Crippen LogP contribution in [0.3, 0.4) is 0 Å². The van der Waals surface area contributed by atoms with Crippen molar-refractivity contribution < 1.29 is 9.53 Å². The Hall–Kier alpha value is -1.80. The van der Waals surface area contributed by atoms with Gasteiger partial charge in [-0.2, -0.15) is 0 Å². The zero-order valence-corrected chi connectivity index (χ0v) is 10.8. The number of halogens is 1. The van der Waals surface area contributed by atoms with Crippen LogP contribution in [0, 0.1) is 6.92 Å². The number of ketones is 1. The second-order valence-corrected chi connectivity index (χ2v) is 4.42. The lowest BCUT2D eigenvalue weighted by molar-refractivity contribution is 0.0921. The molecule has 0 heterocycles. The third kappa shape index (κ3) is 3.11. The first kappa shape index (κ1) is 12.7. The quantitative estimate of drug-likeness (QED) is 0.779. The van der Waals surface area contributed by atoms with E-state index in [0.717, 1.165) is 5.56 Å². The topological polar surface area (TPSA) is 26.3 Å². The summed E-state index contributed by atoms with van der Waals surface area (Å²) in [5.41, 5.74) is 1.61. The van der Waals surface area contributed by atoms with Gasteiger partial charge in [0.1, 0.15) is 5.75 Å². The Labute approximate surface area is 111 Å². The summed E-state index contributed by atoms with van der Waals surface area (Å²) in [7, 11) is 0. The molecule has 92 valence electrons. The number of ether oxygens (including phenoxy) is 1. The number of aryl methyl sites for hydroxylation is 1. The molecule has 0 fully saturated rings. The first-order valence-corrected chi connectivity index (χ1v) is 6.02. The van der Waals surface area contributed by atoms with Gasteiger partial charge >= 0.3 is 0 Å². The van der Waals surface area contributed by atoms with Crippen LogP contribution in [0.4, 0.5) is 0 Å². The first-order valence-electron chi connectivity index (χ1n) is 5.64. The monoisotopic (exact) mass is 260 g/mol. The van der Waals surface area contributed by atoms with Crippen LogP contribution in [0.25, 0.3) is 0 Å². The van der Waals surface area contributed by atoms with Gasteiger partial charge in [-0.15, -0.1) is 0 Å². The predicted molar refractivity (Wildman–Crippen MR) is 72.5 cm³/mol. The molecule has 2 aromatic rings. The molecule has 0 radical (unpaired) electrons. The third-order valence-electron chi connectivity index (χ3n) is 2.60. The molecule has 0 aromatic heterocycles. The van der Waals surface area contributed by atoms with Crippen molar-refractivity contribution in [1.82, 2.24) is 0 Å². The van der Waals surface area contributed by atoms with E-state index in [2.05, 4.69) is 0 Å². The van der Waals surface area contributed by atoms with Crippen LogP contribution in [0.5, 0.6) is 5.75 Å². The van der Waals surface area contributed by atoms with E-state index >= 15 is 0 Å². The molecule has 0 saturated heterocycles. The molecule has 18 heavy (non-hydrogen) atoms. The Balaban J connectivity index is 2.04. The molecular formula is C15H13ClO2. The number of hydrogen-bond donors (Lipinski definition) is 0. The van der Waals surface area contributed by atoms with Crippen LogP contribution in [0.1, 0.15) is 15.9 Å². The number of benzene rings is 2. The summed E-state index contributed by atoms with van der Waals surface area (Å²) in [5, 5.41) is 0.600. The van der Waals surface area contributed by atoms with E-state index < -0.39 is 0 Å². The Kier molecular flexibility index (Phi) is 4.00. The summed E-state index contributed by atoms with van der Waals surface area (Å²) in [4.78, 5) is 11.9. The van der Waals surface area contributed by atoms with Crippen molar-refractivity contribution in [3.05, 3.63) is 64.7 Å². The number of carbonyl (C=O) groups excluding carboxylic acids is 1. The van der Waals surface area contributed by atoms with E-state index in [0.29, 0.717) is 16.3 Å². The third-order valence-corrected chi connectivity index (χ3v) is 2.84. The molecule has 0 N–H and O–H groups in total. The molecule has 0 saturated carbocycles. The molecule has 0 atom stereocenters. The zero-order chi connectivity index (χ0) is 13.0. The molecule has 2 rings (SSSR count). The van der Waals surface area contributed by atoms with Crippen molar-refractivity contribution in [3.8, 4) is 5.75 Å². The maximum absolute atomic E-state index is 11.9. The van der Waals surface area contributed by atoms with Gasteiger partial charge in [-0.1, -0.05) is 48.0 Å². The van der Waals surface area contributed by atoms with Crippen molar-refractivity contribution in [2.24, 2.45) is 0 Å². The number of carbonyl (C=O) groups is 1. The van der Waals surface area contributed by atoms with Gasteiger partial charge in [0.25, 0.3) is 0 Å². The Bertz CT molecular complexity index is 550. The van der Waals surface area contributed by atoms with Crippen molar-refractivity contribution >= 4 is 17.4 Å². The lowest BCUT2D eigenvalue weighted by Gasteiger charge is -2.08. The van der Waals surface area contributed by atoms with Crippen molar-refractivity contribution in [2.45, 2.75) is 6.92 Å². The second-order valence-electron chi connectivity index (χ2n) is 3.99. The van der Waals surface area contributed by atoms with Gasteiger partial charge in [-0.05, 0) is 24.6 Å². The van der Waals surface area contributed by atoms with Gasteiger partial charge in [-0.3, -0.25) is 4.79 Å². The standard InChI is InChI=1S/C15H13ClO2/c1-11-7-8-13(16)9-15(11)18-10-14(17)12-5-3-2-4-6-12/h2-9H,10H2,1H3. The minimum absolute atomic E-state index is 0.0190. The second kappa shape index (κ2) is 5.69. The van der Waals surface area contributed by atoms with Gasteiger partial charge in [0, 0.05) is 10.6 Å². The minimum Gasteiger partial charge on any atom is -0.485 e. The zero-order valence-electron chi connectivity index (χ0n) is 10.0. The van der Waals surface area contributed by atoms with Gasteiger partial charge in [0.2, 0.25) is 0 Å². The largest absolute Gasteiger partial charge is 0.485 e. The predicted octanol–water partition coefficient (Wildman–Crippen LogP) is 3.91. The Morgan fingerprint density at radius 2 is 1.89 bits per heavy atom. The molecule has 0 aliphatic carbocycles. The average Bonchev–Trinajstić information content (AvgIpc) is 2.40. The number of rotatable bonds is 4. The van der Waals surface area contributed by atoms with E-state index in [1.54, 1.807) is 24.3 Å². The van der Waals surface area contributed by atoms with Crippen LogP contribution >= 0.6 is 11.6 Å². The number of Topliss-reactive ketones (excluding diaryl/α,β-unsaturated/α-hetero) is 1. The molecule has 3 heteroatoms. The molecule has 2 aromatic carbocycles. The molecule has 0 spiro atoms. The minimum atomic E-state index is -0.0463. The van der Waals surface area contributed by atoms with Crippen LogP contribution in [-0.2, 0) is 0 Å². The highest BCUT2D eigenvalue weighted by Gasteiger charge is 2.07. The highest BCUT2D eigenvalue weighted by molar-refractivity contribution is 6.30. The smallest absolute Gasteiger partial charge is 0.200 e. The highest BCUT2D eigenvalue weighted by Crippen LogP contribution is 2.22.